The number of benzene rings is 1. The number of amides is 2. The van der Waals surface area contributed by atoms with Gasteiger partial charge in [-0.2, -0.15) is 0 Å². The molecule has 0 radical (unpaired) electrons. The second-order valence-electron chi connectivity index (χ2n) is 7.39. The average molecular weight is 384 g/mol. The summed E-state index contributed by atoms with van der Waals surface area (Å²) in [6.07, 6.45) is 5.14. The molecule has 1 fully saturated rings. The third-order valence-corrected chi connectivity index (χ3v) is 5.13. The molecule has 4 rings (SSSR count). The molecule has 148 valence electrons. The second kappa shape index (κ2) is 7.22. The Morgan fingerprint density at radius 1 is 1.04 bits per heavy atom. The predicted octanol–water partition coefficient (Wildman–Crippen LogP) is 3.70. The number of rotatable bonds is 4. The number of hydrogen-bond donors (Lipinski definition) is 2. The van der Waals surface area contributed by atoms with Crippen molar-refractivity contribution in [3.8, 4) is 11.5 Å². The van der Waals surface area contributed by atoms with Crippen LogP contribution in [-0.2, 0) is 4.79 Å². The molecule has 1 aliphatic heterocycles. The minimum Gasteiger partial charge on any atom is -0.466 e. The van der Waals surface area contributed by atoms with Gasteiger partial charge in [-0.15, -0.1) is 0 Å². The van der Waals surface area contributed by atoms with Crippen LogP contribution in [0.15, 0.2) is 28.7 Å². The summed E-state index contributed by atoms with van der Waals surface area (Å²) >= 11 is 0. The van der Waals surface area contributed by atoms with E-state index in [1.54, 1.807) is 32.0 Å². The predicted molar refractivity (Wildman–Crippen MR) is 103 cm³/mol. The highest BCUT2D eigenvalue weighted by atomic mass is 16.7. The zero-order valence-electron chi connectivity index (χ0n) is 16.1. The molecule has 1 spiro atoms. The van der Waals surface area contributed by atoms with Gasteiger partial charge < -0.3 is 24.5 Å². The van der Waals surface area contributed by atoms with Crippen molar-refractivity contribution in [2.24, 2.45) is 0 Å². The Hall–Kier alpha value is -2.96. The van der Waals surface area contributed by atoms with E-state index in [9.17, 15) is 9.59 Å². The lowest BCUT2D eigenvalue weighted by Crippen LogP contribution is -2.40. The summed E-state index contributed by atoms with van der Waals surface area (Å²) in [6.45, 7) is 3.35. The molecule has 1 aliphatic carbocycles. The van der Waals surface area contributed by atoms with Crippen LogP contribution in [0, 0.1) is 13.8 Å². The topological polar surface area (TPSA) is 89.8 Å². The van der Waals surface area contributed by atoms with Gasteiger partial charge >= 0.3 is 0 Å². The van der Waals surface area contributed by atoms with E-state index in [0.29, 0.717) is 34.3 Å². The first-order valence-corrected chi connectivity index (χ1v) is 9.61. The smallest absolute Gasteiger partial charge is 0.255 e. The lowest BCUT2D eigenvalue weighted by atomic mass is 9.94. The number of hydrogen-bond acceptors (Lipinski definition) is 5. The number of fused-ring (bicyclic) bond motifs is 1. The average Bonchev–Trinajstić information content (AvgIpc) is 3.18. The van der Waals surface area contributed by atoms with Crippen molar-refractivity contribution < 1.29 is 23.5 Å². The van der Waals surface area contributed by atoms with Crippen molar-refractivity contribution in [1.29, 1.82) is 0 Å². The van der Waals surface area contributed by atoms with Crippen molar-refractivity contribution >= 4 is 17.5 Å². The fourth-order valence-electron chi connectivity index (χ4n) is 3.78. The molecule has 1 aromatic heterocycles. The van der Waals surface area contributed by atoms with Gasteiger partial charge in [0.1, 0.15) is 11.5 Å². The van der Waals surface area contributed by atoms with Crippen LogP contribution in [0.3, 0.4) is 0 Å². The number of anilines is 1. The van der Waals surface area contributed by atoms with Crippen molar-refractivity contribution in [1.82, 2.24) is 5.32 Å². The Labute approximate surface area is 163 Å². The normalized spacial score (nSPS) is 16.8. The van der Waals surface area contributed by atoms with Crippen molar-refractivity contribution in [2.75, 3.05) is 11.9 Å². The SMILES string of the molecule is Cc1cc(C(=O)NCC(=O)Nc2ccc3c(c2)OC2(CCCCC2)O3)c(C)o1. The summed E-state index contributed by atoms with van der Waals surface area (Å²) in [5, 5.41) is 5.38. The minimum atomic E-state index is -0.544. The maximum absolute atomic E-state index is 12.2. The van der Waals surface area contributed by atoms with Gasteiger partial charge in [0.25, 0.3) is 11.7 Å². The van der Waals surface area contributed by atoms with Gasteiger partial charge in [0.15, 0.2) is 11.5 Å². The van der Waals surface area contributed by atoms with E-state index in [1.165, 1.54) is 6.42 Å². The number of nitrogens with one attached hydrogen (secondary N) is 2. The van der Waals surface area contributed by atoms with Gasteiger partial charge in [-0.25, -0.2) is 0 Å². The molecule has 2 N–H and O–H groups in total. The van der Waals surface area contributed by atoms with Gasteiger partial charge in [-0.05, 0) is 44.9 Å². The number of carbonyl (C=O) groups is 2. The summed E-state index contributed by atoms with van der Waals surface area (Å²) in [5.74, 6) is 1.34. The Balaban J connectivity index is 1.34. The van der Waals surface area contributed by atoms with Crippen molar-refractivity contribution in [3.63, 3.8) is 0 Å². The van der Waals surface area contributed by atoms with Crippen molar-refractivity contribution in [2.45, 2.75) is 51.7 Å². The third kappa shape index (κ3) is 3.69. The van der Waals surface area contributed by atoms with Crippen LogP contribution in [0.4, 0.5) is 5.69 Å². The molecule has 0 saturated heterocycles. The summed E-state index contributed by atoms with van der Waals surface area (Å²) in [6, 6.07) is 7.00. The molecule has 0 unspecified atom stereocenters. The Bertz CT molecular complexity index is 912. The van der Waals surface area contributed by atoms with Crippen LogP contribution in [0.5, 0.6) is 11.5 Å². The van der Waals surface area contributed by atoms with Gasteiger partial charge in [-0.1, -0.05) is 6.42 Å². The van der Waals surface area contributed by atoms with Crippen LogP contribution in [0.1, 0.15) is 54.0 Å². The highest BCUT2D eigenvalue weighted by Crippen LogP contribution is 2.46. The van der Waals surface area contributed by atoms with E-state index >= 15 is 0 Å². The largest absolute Gasteiger partial charge is 0.466 e. The zero-order valence-corrected chi connectivity index (χ0v) is 16.1. The molecule has 28 heavy (non-hydrogen) atoms. The van der Waals surface area contributed by atoms with Crippen LogP contribution in [0.2, 0.25) is 0 Å². The van der Waals surface area contributed by atoms with E-state index in [4.69, 9.17) is 13.9 Å². The number of furan rings is 1. The first-order chi connectivity index (χ1) is 13.4. The lowest BCUT2D eigenvalue weighted by molar-refractivity contribution is -0.115. The summed E-state index contributed by atoms with van der Waals surface area (Å²) in [5.41, 5.74) is 1.04. The highest BCUT2D eigenvalue weighted by molar-refractivity contribution is 6.00. The molecule has 7 heteroatoms. The molecule has 0 atom stereocenters. The van der Waals surface area contributed by atoms with Crippen LogP contribution >= 0.6 is 0 Å². The number of carbonyl (C=O) groups excluding carboxylic acids is 2. The van der Waals surface area contributed by atoms with E-state index < -0.39 is 5.79 Å². The first-order valence-electron chi connectivity index (χ1n) is 9.61. The summed E-state index contributed by atoms with van der Waals surface area (Å²) < 4.78 is 17.5. The monoisotopic (exact) mass is 384 g/mol. The molecule has 0 bridgehead atoms. The molecular formula is C21H24N2O5. The van der Waals surface area contributed by atoms with Crippen LogP contribution in [-0.4, -0.2) is 24.1 Å². The molecule has 2 heterocycles. The highest BCUT2D eigenvalue weighted by Gasteiger charge is 2.42. The fraction of sp³-hybridized carbons (Fsp3) is 0.429. The molecule has 1 aromatic carbocycles. The maximum atomic E-state index is 12.2. The van der Waals surface area contributed by atoms with Gasteiger partial charge in [0.05, 0.1) is 12.1 Å². The van der Waals surface area contributed by atoms with E-state index in [1.807, 2.05) is 6.07 Å². The van der Waals surface area contributed by atoms with Gasteiger partial charge in [0.2, 0.25) is 5.91 Å². The Morgan fingerprint density at radius 3 is 2.50 bits per heavy atom. The standard InChI is InChI=1S/C21H24N2O5/c1-13-10-16(14(2)26-13)20(25)22-12-19(24)23-15-6-7-17-18(11-15)28-21(27-17)8-4-3-5-9-21/h6-7,10-11H,3-5,8-9,12H2,1-2H3,(H,22,25)(H,23,24). The van der Waals surface area contributed by atoms with Crippen LogP contribution in [0.25, 0.3) is 0 Å². The summed E-state index contributed by atoms with van der Waals surface area (Å²) in [7, 11) is 0. The Kier molecular flexibility index (Phi) is 4.75. The quantitative estimate of drug-likeness (QED) is 0.839. The van der Waals surface area contributed by atoms with Crippen molar-refractivity contribution in [3.05, 3.63) is 41.3 Å². The molecule has 2 aromatic rings. The molecule has 2 aliphatic rings. The van der Waals surface area contributed by atoms with Gasteiger partial charge in [0, 0.05) is 24.6 Å². The third-order valence-electron chi connectivity index (χ3n) is 5.13. The van der Waals surface area contributed by atoms with E-state index in [0.717, 1.165) is 25.7 Å². The summed E-state index contributed by atoms with van der Waals surface area (Å²) in [4.78, 5) is 24.4. The van der Waals surface area contributed by atoms with E-state index in [-0.39, 0.29) is 18.4 Å². The molecular weight excluding hydrogens is 360 g/mol. The number of aryl methyl sites for hydroxylation is 2. The van der Waals surface area contributed by atoms with Crippen LogP contribution < -0.4 is 20.1 Å². The molecule has 7 nitrogen and oxygen atoms in total. The van der Waals surface area contributed by atoms with Gasteiger partial charge in [-0.3, -0.25) is 9.59 Å². The molecule has 2 amide bonds. The maximum Gasteiger partial charge on any atom is 0.255 e. The molecule has 1 saturated carbocycles. The second-order valence-corrected chi connectivity index (χ2v) is 7.39. The lowest BCUT2D eigenvalue weighted by Gasteiger charge is -2.31. The first kappa shape index (κ1) is 18.4. The van der Waals surface area contributed by atoms with E-state index in [2.05, 4.69) is 10.6 Å². The fourth-order valence-corrected chi connectivity index (χ4v) is 3.78. The minimum absolute atomic E-state index is 0.138. The Morgan fingerprint density at radius 2 is 1.79 bits per heavy atom. The zero-order chi connectivity index (χ0) is 19.7. The number of ether oxygens (including phenoxy) is 2.